The average molecular weight is 351 g/mol. The number of hydrogen-bond donors (Lipinski definition) is 0. The van der Waals surface area contributed by atoms with Crippen LogP contribution in [0.5, 0.6) is 0 Å². The minimum atomic E-state index is -0.374. The van der Waals surface area contributed by atoms with E-state index in [4.69, 9.17) is 4.52 Å². The number of benzene rings is 1. The highest BCUT2D eigenvalue weighted by Gasteiger charge is 2.34. The van der Waals surface area contributed by atoms with Crippen LogP contribution in [0.2, 0.25) is 0 Å². The number of aromatic nitrogens is 3. The molecule has 8 heteroatoms. The minimum Gasteiger partial charge on any atom is -0.351 e. The fourth-order valence-corrected chi connectivity index (χ4v) is 3.08. The first-order chi connectivity index (χ1) is 12.7. The maximum absolute atomic E-state index is 13.0. The van der Waals surface area contributed by atoms with E-state index in [-0.39, 0.29) is 17.6 Å². The van der Waals surface area contributed by atoms with E-state index in [9.17, 15) is 9.59 Å². The van der Waals surface area contributed by atoms with Gasteiger partial charge in [0.15, 0.2) is 0 Å². The summed E-state index contributed by atoms with van der Waals surface area (Å²) in [5.41, 5.74) is 2.06. The molecule has 0 bridgehead atoms. The minimum absolute atomic E-state index is 0.112. The smallest absolute Gasteiger partial charge is 0.311 e. The summed E-state index contributed by atoms with van der Waals surface area (Å²) in [6.07, 6.45) is 3.65. The van der Waals surface area contributed by atoms with Gasteiger partial charge in [0.05, 0.1) is 29.3 Å². The molecule has 132 valence electrons. The lowest BCUT2D eigenvalue weighted by atomic mass is 10.2. The van der Waals surface area contributed by atoms with Crippen LogP contribution in [0, 0.1) is 6.92 Å². The molecule has 3 aromatic rings. The highest BCUT2D eigenvalue weighted by atomic mass is 16.5. The lowest BCUT2D eigenvalue weighted by Crippen LogP contribution is -2.44. The molecular weight excluding hydrogens is 334 g/mol. The monoisotopic (exact) mass is 351 g/mol. The number of hydrogen-bond acceptors (Lipinski definition) is 5. The number of hydrazine groups is 1. The molecule has 0 unspecified atom stereocenters. The van der Waals surface area contributed by atoms with Crippen molar-refractivity contribution in [2.24, 2.45) is 0 Å². The van der Waals surface area contributed by atoms with E-state index in [0.717, 1.165) is 11.4 Å². The number of carbonyl (C=O) groups is 2. The van der Waals surface area contributed by atoms with Crippen molar-refractivity contribution in [1.82, 2.24) is 25.0 Å². The molecule has 1 aliphatic heterocycles. The Balaban J connectivity index is 1.61. The standard InChI is InChI=1S/C18H17N5O3/c1-13-15(12-19-23(13)14-6-3-2-4-7-14)17(24)21-10-5-11-22(21)18(25)16-8-9-20-26-16/h2-4,6-9,12H,5,10-11H2,1H3. The van der Waals surface area contributed by atoms with Crippen molar-refractivity contribution < 1.29 is 14.1 Å². The van der Waals surface area contributed by atoms with Gasteiger partial charge in [-0.15, -0.1) is 0 Å². The first-order valence-electron chi connectivity index (χ1n) is 8.31. The second-order valence-electron chi connectivity index (χ2n) is 5.98. The molecule has 1 aliphatic rings. The molecule has 0 atom stereocenters. The first-order valence-corrected chi connectivity index (χ1v) is 8.31. The summed E-state index contributed by atoms with van der Waals surface area (Å²) in [6.45, 7) is 2.76. The average Bonchev–Trinajstić information content (AvgIpc) is 3.42. The van der Waals surface area contributed by atoms with E-state index in [0.29, 0.717) is 25.1 Å². The van der Waals surface area contributed by atoms with E-state index in [2.05, 4.69) is 10.3 Å². The molecular formula is C18H17N5O3. The molecule has 3 heterocycles. The van der Waals surface area contributed by atoms with Crippen LogP contribution in [0.3, 0.4) is 0 Å². The number of para-hydroxylation sites is 1. The molecule has 1 fully saturated rings. The predicted molar refractivity (Wildman–Crippen MR) is 91.5 cm³/mol. The Labute approximate surface area is 149 Å². The second kappa shape index (κ2) is 6.47. The van der Waals surface area contributed by atoms with E-state index < -0.39 is 0 Å². The second-order valence-corrected chi connectivity index (χ2v) is 5.98. The Morgan fingerprint density at radius 2 is 1.77 bits per heavy atom. The van der Waals surface area contributed by atoms with Crippen molar-refractivity contribution in [2.75, 3.05) is 13.1 Å². The molecule has 2 amide bonds. The summed E-state index contributed by atoms with van der Waals surface area (Å²) in [5.74, 6) is -0.516. The normalized spacial score (nSPS) is 14.0. The van der Waals surface area contributed by atoms with E-state index in [1.165, 1.54) is 22.3 Å². The van der Waals surface area contributed by atoms with Crippen LogP contribution < -0.4 is 0 Å². The zero-order chi connectivity index (χ0) is 18.1. The highest BCUT2D eigenvalue weighted by Crippen LogP contribution is 2.21. The van der Waals surface area contributed by atoms with Crippen molar-refractivity contribution in [3.05, 3.63) is 65.8 Å². The Hall–Kier alpha value is -3.42. The van der Waals surface area contributed by atoms with Gasteiger partial charge in [0.25, 0.3) is 5.91 Å². The van der Waals surface area contributed by atoms with Crippen LogP contribution in [0.25, 0.3) is 5.69 Å². The summed E-state index contributed by atoms with van der Waals surface area (Å²) in [4.78, 5) is 25.6. The van der Waals surface area contributed by atoms with Crippen molar-refractivity contribution >= 4 is 11.8 Å². The molecule has 4 rings (SSSR count). The SMILES string of the molecule is Cc1c(C(=O)N2CCCN2C(=O)c2ccno2)cnn1-c1ccccc1. The van der Waals surface area contributed by atoms with Crippen LogP contribution >= 0.6 is 0 Å². The maximum atomic E-state index is 13.0. The first kappa shape index (κ1) is 16.1. The van der Waals surface area contributed by atoms with Gasteiger partial charge in [0.2, 0.25) is 5.76 Å². The van der Waals surface area contributed by atoms with Crippen LogP contribution in [0.4, 0.5) is 0 Å². The number of carbonyl (C=O) groups excluding carboxylic acids is 2. The predicted octanol–water partition coefficient (Wildman–Crippen LogP) is 2.07. The zero-order valence-corrected chi connectivity index (χ0v) is 14.2. The largest absolute Gasteiger partial charge is 0.351 e. The lowest BCUT2D eigenvalue weighted by Gasteiger charge is -2.26. The van der Waals surface area contributed by atoms with Crippen LogP contribution in [0.1, 0.15) is 33.0 Å². The third-order valence-electron chi connectivity index (χ3n) is 4.39. The summed E-state index contributed by atoms with van der Waals surface area (Å²) < 4.78 is 6.65. The van der Waals surface area contributed by atoms with Crippen LogP contribution in [-0.2, 0) is 0 Å². The third-order valence-corrected chi connectivity index (χ3v) is 4.39. The van der Waals surface area contributed by atoms with E-state index in [1.54, 1.807) is 10.9 Å². The molecule has 2 aromatic heterocycles. The Kier molecular flexibility index (Phi) is 4.00. The van der Waals surface area contributed by atoms with Gasteiger partial charge in [-0.1, -0.05) is 23.4 Å². The fourth-order valence-electron chi connectivity index (χ4n) is 3.08. The maximum Gasteiger partial charge on any atom is 0.311 e. The summed E-state index contributed by atoms with van der Waals surface area (Å²) >= 11 is 0. The van der Waals surface area contributed by atoms with Crippen molar-refractivity contribution in [1.29, 1.82) is 0 Å². The summed E-state index contributed by atoms with van der Waals surface area (Å²) in [5, 5.41) is 10.7. The Morgan fingerprint density at radius 3 is 2.46 bits per heavy atom. The highest BCUT2D eigenvalue weighted by molar-refractivity contribution is 5.98. The molecule has 0 saturated carbocycles. The van der Waals surface area contributed by atoms with Gasteiger partial charge in [-0.05, 0) is 25.5 Å². The zero-order valence-electron chi connectivity index (χ0n) is 14.2. The quantitative estimate of drug-likeness (QED) is 0.721. The van der Waals surface area contributed by atoms with Crippen molar-refractivity contribution in [2.45, 2.75) is 13.3 Å². The van der Waals surface area contributed by atoms with E-state index in [1.807, 2.05) is 37.3 Å². The van der Waals surface area contributed by atoms with Crippen LogP contribution in [-0.4, -0.2) is 49.9 Å². The fraction of sp³-hybridized carbons (Fsp3) is 0.222. The molecule has 8 nitrogen and oxygen atoms in total. The molecule has 1 aromatic carbocycles. The molecule has 1 saturated heterocycles. The van der Waals surface area contributed by atoms with Gasteiger partial charge in [-0.2, -0.15) is 5.10 Å². The molecule has 0 aliphatic carbocycles. The number of rotatable bonds is 3. The molecule has 0 radical (unpaired) electrons. The molecule has 0 N–H and O–H groups in total. The molecule has 26 heavy (non-hydrogen) atoms. The van der Waals surface area contributed by atoms with Crippen molar-refractivity contribution in [3.63, 3.8) is 0 Å². The molecule has 0 spiro atoms. The lowest BCUT2D eigenvalue weighted by molar-refractivity contribution is 0.0161. The Bertz CT molecular complexity index is 933. The van der Waals surface area contributed by atoms with Gasteiger partial charge >= 0.3 is 5.91 Å². The van der Waals surface area contributed by atoms with Gasteiger partial charge < -0.3 is 4.52 Å². The summed E-state index contributed by atoms with van der Waals surface area (Å²) in [7, 11) is 0. The van der Waals surface area contributed by atoms with Gasteiger partial charge in [-0.25, -0.2) is 14.7 Å². The van der Waals surface area contributed by atoms with Gasteiger partial charge in [0.1, 0.15) is 0 Å². The Morgan fingerprint density at radius 1 is 1.04 bits per heavy atom. The van der Waals surface area contributed by atoms with E-state index >= 15 is 0 Å². The third kappa shape index (κ3) is 2.65. The summed E-state index contributed by atoms with van der Waals surface area (Å²) in [6, 6.07) is 11.1. The number of nitrogens with zero attached hydrogens (tertiary/aromatic N) is 5. The van der Waals surface area contributed by atoms with Crippen molar-refractivity contribution in [3.8, 4) is 5.69 Å². The van der Waals surface area contributed by atoms with Gasteiger partial charge in [-0.3, -0.25) is 9.59 Å². The number of amides is 2. The van der Waals surface area contributed by atoms with Gasteiger partial charge in [0, 0.05) is 19.2 Å². The topological polar surface area (TPSA) is 84.5 Å². The van der Waals surface area contributed by atoms with Crippen LogP contribution in [0.15, 0.2) is 53.3 Å².